The maximum Gasteiger partial charge on any atom is 0.230 e. The number of rotatable bonds is 6. The van der Waals surface area contributed by atoms with E-state index in [-0.39, 0.29) is 23.5 Å². The molecular formula is C15H17FN4OS. The number of aromatic amines is 1. The Kier molecular flexibility index (Phi) is 4.42. The SMILES string of the molecule is CC(NC(=O)CSc1n[nH]c(-c2ccccc2F)n1)C1CC1. The molecule has 116 valence electrons. The first kappa shape index (κ1) is 15.0. The Hall–Kier alpha value is -1.89. The Morgan fingerprint density at radius 1 is 1.50 bits per heavy atom. The second-order valence-corrected chi connectivity index (χ2v) is 6.37. The summed E-state index contributed by atoms with van der Waals surface area (Å²) in [7, 11) is 0. The zero-order chi connectivity index (χ0) is 15.5. The van der Waals surface area contributed by atoms with E-state index >= 15 is 0 Å². The lowest BCUT2D eigenvalue weighted by molar-refractivity contribution is -0.119. The van der Waals surface area contributed by atoms with E-state index in [1.165, 1.54) is 30.7 Å². The van der Waals surface area contributed by atoms with Gasteiger partial charge in [-0.3, -0.25) is 9.89 Å². The van der Waals surface area contributed by atoms with Gasteiger partial charge in [-0.05, 0) is 37.8 Å². The summed E-state index contributed by atoms with van der Waals surface area (Å²) >= 11 is 1.24. The van der Waals surface area contributed by atoms with Crippen molar-refractivity contribution in [1.82, 2.24) is 20.5 Å². The van der Waals surface area contributed by atoms with Gasteiger partial charge in [0.2, 0.25) is 11.1 Å². The van der Waals surface area contributed by atoms with Crippen molar-refractivity contribution in [2.24, 2.45) is 5.92 Å². The summed E-state index contributed by atoms with van der Waals surface area (Å²) in [4.78, 5) is 16.0. The van der Waals surface area contributed by atoms with Gasteiger partial charge in [0.1, 0.15) is 5.82 Å². The van der Waals surface area contributed by atoms with E-state index in [1.807, 2.05) is 6.92 Å². The maximum absolute atomic E-state index is 13.7. The third kappa shape index (κ3) is 3.65. The van der Waals surface area contributed by atoms with E-state index in [1.54, 1.807) is 18.2 Å². The van der Waals surface area contributed by atoms with E-state index in [9.17, 15) is 9.18 Å². The lowest BCUT2D eigenvalue weighted by Gasteiger charge is -2.11. The number of hydrogen-bond acceptors (Lipinski definition) is 4. The van der Waals surface area contributed by atoms with E-state index in [2.05, 4.69) is 20.5 Å². The summed E-state index contributed by atoms with van der Waals surface area (Å²) in [5.74, 6) is 0.872. The van der Waals surface area contributed by atoms with Gasteiger partial charge in [-0.2, -0.15) is 0 Å². The Bertz CT molecular complexity index is 671. The number of H-pyrrole nitrogens is 1. The minimum Gasteiger partial charge on any atom is -0.353 e. The van der Waals surface area contributed by atoms with Crippen molar-refractivity contribution in [3.63, 3.8) is 0 Å². The van der Waals surface area contributed by atoms with Gasteiger partial charge in [0.05, 0.1) is 11.3 Å². The van der Waals surface area contributed by atoms with Gasteiger partial charge in [0.25, 0.3) is 0 Å². The molecule has 22 heavy (non-hydrogen) atoms. The van der Waals surface area contributed by atoms with E-state index in [0.717, 1.165) is 0 Å². The van der Waals surface area contributed by atoms with Crippen LogP contribution in [0.4, 0.5) is 4.39 Å². The number of amides is 1. The summed E-state index contributed by atoms with van der Waals surface area (Å²) in [6.07, 6.45) is 2.39. The lowest BCUT2D eigenvalue weighted by atomic mass is 10.2. The van der Waals surface area contributed by atoms with E-state index in [4.69, 9.17) is 0 Å². The fourth-order valence-corrected chi connectivity index (χ4v) is 2.83. The van der Waals surface area contributed by atoms with Gasteiger partial charge >= 0.3 is 0 Å². The van der Waals surface area contributed by atoms with Crippen LogP contribution in [0.1, 0.15) is 19.8 Å². The number of nitrogens with one attached hydrogen (secondary N) is 2. The van der Waals surface area contributed by atoms with Crippen LogP contribution in [-0.2, 0) is 4.79 Å². The first-order valence-electron chi connectivity index (χ1n) is 7.23. The minimum atomic E-state index is -0.355. The molecule has 1 fully saturated rings. The number of aromatic nitrogens is 3. The molecule has 1 amide bonds. The number of carbonyl (C=O) groups excluding carboxylic acids is 1. The van der Waals surface area contributed by atoms with Crippen molar-refractivity contribution in [2.75, 3.05) is 5.75 Å². The molecule has 0 bridgehead atoms. The highest BCUT2D eigenvalue weighted by molar-refractivity contribution is 7.99. The van der Waals surface area contributed by atoms with Crippen LogP contribution in [0.2, 0.25) is 0 Å². The maximum atomic E-state index is 13.7. The Morgan fingerprint density at radius 3 is 3.00 bits per heavy atom. The Balaban J connectivity index is 1.55. The summed E-state index contributed by atoms with van der Waals surface area (Å²) < 4.78 is 13.7. The van der Waals surface area contributed by atoms with Crippen LogP contribution in [0, 0.1) is 11.7 Å². The van der Waals surface area contributed by atoms with Crippen molar-refractivity contribution >= 4 is 17.7 Å². The van der Waals surface area contributed by atoms with Crippen molar-refractivity contribution in [3.05, 3.63) is 30.1 Å². The summed E-state index contributed by atoms with van der Waals surface area (Å²) in [5, 5.41) is 10.1. The molecule has 0 radical (unpaired) electrons. The average molecular weight is 320 g/mol. The zero-order valence-corrected chi connectivity index (χ0v) is 13.0. The first-order valence-corrected chi connectivity index (χ1v) is 8.21. The molecule has 1 aromatic heterocycles. The van der Waals surface area contributed by atoms with Crippen molar-refractivity contribution in [2.45, 2.75) is 31.0 Å². The van der Waals surface area contributed by atoms with Crippen LogP contribution in [0.5, 0.6) is 0 Å². The van der Waals surface area contributed by atoms with Gasteiger partial charge in [-0.15, -0.1) is 5.10 Å². The molecule has 1 aliphatic carbocycles. The van der Waals surface area contributed by atoms with Crippen molar-refractivity contribution < 1.29 is 9.18 Å². The first-order chi connectivity index (χ1) is 10.6. The Labute approximate surface area is 132 Å². The average Bonchev–Trinajstić information content (AvgIpc) is 3.25. The number of hydrogen-bond donors (Lipinski definition) is 2. The molecule has 3 rings (SSSR count). The quantitative estimate of drug-likeness (QED) is 0.803. The fraction of sp³-hybridized carbons (Fsp3) is 0.400. The van der Waals surface area contributed by atoms with Crippen LogP contribution in [0.25, 0.3) is 11.4 Å². The highest BCUT2D eigenvalue weighted by Crippen LogP contribution is 2.32. The largest absolute Gasteiger partial charge is 0.353 e. The molecule has 1 aliphatic rings. The third-order valence-electron chi connectivity index (χ3n) is 3.64. The van der Waals surface area contributed by atoms with Crippen LogP contribution in [0.3, 0.4) is 0 Å². The molecular weight excluding hydrogens is 303 g/mol. The normalized spacial score (nSPS) is 15.5. The van der Waals surface area contributed by atoms with E-state index < -0.39 is 0 Å². The van der Waals surface area contributed by atoms with Gasteiger partial charge < -0.3 is 5.32 Å². The summed E-state index contributed by atoms with van der Waals surface area (Å²) in [5.41, 5.74) is 0.369. The molecule has 2 N–H and O–H groups in total. The third-order valence-corrected chi connectivity index (χ3v) is 4.49. The summed E-state index contributed by atoms with van der Waals surface area (Å²) in [6.45, 7) is 2.03. The molecule has 1 aromatic carbocycles. The highest BCUT2D eigenvalue weighted by atomic mass is 32.2. The van der Waals surface area contributed by atoms with E-state index in [0.29, 0.717) is 22.5 Å². The molecule has 0 spiro atoms. The van der Waals surface area contributed by atoms with Crippen molar-refractivity contribution in [3.8, 4) is 11.4 Å². The molecule has 7 heteroatoms. The molecule has 1 saturated carbocycles. The standard InChI is InChI=1S/C15H17FN4OS/c1-9(10-6-7-10)17-13(21)8-22-15-18-14(19-20-15)11-4-2-3-5-12(11)16/h2-5,9-10H,6-8H2,1H3,(H,17,21)(H,18,19,20). The molecule has 1 unspecified atom stereocenters. The van der Waals surface area contributed by atoms with Crippen LogP contribution in [0.15, 0.2) is 29.4 Å². The fourth-order valence-electron chi connectivity index (χ4n) is 2.22. The monoisotopic (exact) mass is 320 g/mol. The van der Waals surface area contributed by atoms with Crippen LogP contribution >= 0.6 is 11.8 Å². The smallest absolute Gasteiger partial charge is 0.230 e. The number of nitrogens with zero attached hydrogens (tertiary/aromatic N) is 2. The number of benzene rings is 1. The summed E-state index contributed by atoms with van der Waals surface area (Å²) in [6, 6.07) is 6.59. The predicted octanol–water partition coefficient (Wildman–Crippen LogP) is 2.62. The highest BCUT2D eigenvalue weighted by Gasteiger charge is 2.28. The van der Waals surface area contributed by atoms with Gasteiger partial charge in [0.15, 0.2) is 5.82 Å². The predicted molar refractivity (Wildman–Crippen MR) is 82.8 cm³/mol. The minimum absolute atomic E-state index is 0.0263. The lowest BCUT2D eigenvalue weighted by Crippen LogP contribution is -2.35. The van der Waals surface area contributed by atoms with Gasteiger partial charge in [0, 0.05) is 6.04 Å². The molecule has 0 aliphatic heterocycles. The second-order valence-electron chi connectivity index (χ2n) is 5.43. The number of thioether (sulfide) groups is 1. The second kappa shape index (κ2) is 6.48. The van der Waals surface area contributed by atoms with Gasteiger partial charge in [-0.1, -0.05) is 23.9 Å². The molecule has 1 heterocycles. The topological polar surface area (TPSA) is 70.7 Å². The molecule has 5 nitrogen and oxygen atoms in total. The van der Waals surface area contributed by atoms with Crippen LogP contribution in [-0.4, -0.2) is 32.9 Å². The Morgan fingerprint density at radius 2 is 2.27 bits per heavy atom. The molecule has 1 atom stereocenters. The van der Waals surface area contributed by atoms with Gasteiger partial charge in [-0.25, -0.2) is 9.37 Å². The molecule has 0 saturated heterocycles. The van der Waals surface area contributed by atoms with Crippen molar-refractivity contribution in [1.29, 1.82) is 0 Å². The number of carbonyl (C=O) groups is 1. The zero-order valence-electron chi connectivity index (χ0n) is 12.2. The molecule has 2 aromatic rings. The number of halogens is 1. The van der Waals surface area contributed by atoms with Crippen LogP contribution < -0.4 is 5.32 Å².